The van der Waals surface area contributed by atoms with Gasteiger partial charge in [-0.15, -0.1) is 0 Å². The third kappa shape index (κ3) is 2.18. The average Bonchev–Trinajstić information content (AvgIpc) is 2.39. The van der Waals surface area contributed by atoms with Gasteiger partial charge in [0.15, 0.2) is 0 Å². The van der Waals surface area contributed by atoms with E-state index in [2.05, 4.69) is 47.2 Å². The maximum absolute atomic E-state index is 4.35. The van der Waals surface area contributed by atoms with Crippen LogP contribution >= 0.6 is 0 Å². The number of hydrogen-bond acceptors (Lipinski definition) is 3. The van der Waals surface area contributed by atoms with Crippen molar-refractivity contribution in [2.45, 2.75) is 13.8 Å². The fourth-order valence-electron chi connectivity index (χ4n) is 2.14. The SMILES string of the molecule is CCN(CC)c1ccc2ccnc(NC)c2c1. The van der Waals surface area contributed by atoms with Gasteiger partial charge in [0.25, 0.3) is 0 Å². The van der Waals surface area contributed by atoms with Crippen molar-refractivity contribution >= 4 is 22.3 Å². The zero-order chi connectivity index (χ0) is 12.3. The van der Waals surface area contributed by atoms with Crippen LogP contribution in [-0.2, 0) is 0 Å². The Morgan fingerprint density at radius 1 is 1.18 bits per heavy atom. The van der Waals surface area contributed by atoms with Crippen molar-refractivity contribution < 1.29 is 0 Å². The van der Waals surface area contributed by atoms with Crippen molar-refractivity contribution in [3.05, 3.63) is 30.5 Å². The Hall–Kier alpha value is -1.77. The molecule has 1 heterocycles. The highest BCUT2D eigenvalue weighted by Gasteiger charge is 2.05. The maximum Gasteiger partial charge on any atom is 0.133 e. The molecule has 1 aromatic heterocycles. The van der Waals surface area contributed by atoms with Crippen molar-refractivity contribution in [3.63, 3.8) is 0 Å². The monoisotopic (exact) mass is 229 g/mol. The minimum atomic E-state index is 0.941. The molecule has 3 nitrogen and oxygen atoms in total. The van der Waals surface area contributed by atoms with Crippen molar-refractivity contribution in [2.75, 3.05) is 30.4 Å². The molecular weight excluding hydrogens is 210 g/mol. The summed E-state index contributed by atoms with van der Waals surface area (Å²) in [6.45, 7) is 6.40. The molecule has 90 valence electrons. The molecule has 0 saturated carbocycles. The highest BCUT2D eigenvalue weighted by molar-refractivity contribution is 5.94. The van der Waals surface area contributed by atoms with Crippen LogP contribution < -0.4 is 10.2 Å². The summed E-state index contributed by atoms with van der Waals surface area (Å²) in [7, 11) is 1.91. The lowest BCUT2D eigenvalue weighted by atomic mass is 10.1. The fourth-order valence-corrected chi connectivity index (χ4v) is 2.14. The van der Waals surface area contributed by atoms with Crippen LogP contribution in [0.3, 0.4) is 0 Å². The van der Waals surface area contributed by atoms with Gasteiger partial charge in [0, 0.05) is 37.4 Å². The summed E-state index contributed by atoms with van der Waals surface area (Å²) in [5.74, 6) is 0.941. The number of aromatic nitrogens is 1. The fraction of sp³-hybridized carbons (Fsp3) is 0.357. The number of benzene rings is 1. The normalized spacial score (nSPS) is 10.5. The average molecular weight is 229 g/mol. The third-order valence-electron chi connectivity index (χ3n) is 3.12. The molecule has 3 heteroatoms. The number of nitrogens with zero attached hydrogens (tertiary/aromatic N) is 2. The van der Waals surface area contributed by atoms with Crippen molar-refractivity contribution in [2.24, 2.45) is 0 Å². The lowest BCUT2D eigenvalue weighted by molar-refractivity contribution is 0.867. The zero-order valence-corrected chi connectivity index (χ0v) is 10.7. The summed E-state index contributed by atoms with van der Waals surface area (Å²) in [6, 6.07) is 8.59. The van der Waals surface area contributed by atoms with E-state index in [1.165, 1.54) is 16.5 Å². The second-order valence-electron chi connectivity index (χ2n) is 3.99. The van der Waals surface area contributed by atoms with E-state index in [-0.39, 0.29) is 0 Å². The second-order valence-corrected chi connectivity index (χ2v) is 3.99. The molecule has 1 aromatic carbocycles. The van der Waals surface area contributed by atoms with Crippen LogP contribution in [0.1, 0.15) is 13.8 Å². The predicted octanol–water partition coefficient (Wildman–Crippen LogP) is 3.12. The number of hydrogen-bond donors (Lipinski definition) is 1. The number of nitrogens with one attached hydrogen (secondary N) is 1. The van der Waals surface area contributed by atoms with E-state index in [4.69, 9.17) is 0 Å². The van der Waals surface area contributed by atoms with E-state index >= 15 is 0 Å². The van der Waals surface area contributed by atoms with E-state index in [0.717, 1.165) is 18.9 Å². The summed E-state index contributed by atoms with van der Waals surface area (Å²) in [6.07, 6.45) is 1.84. The van der Waals surface area contributed by atoms with E-state index in [0.29, 0.717) is 0 Å². The first-order valence-electron chi connectivity index (χ1n) is 6.11. The molecule has 0 spiro atoms. The van der Waals surface area contributed by atoms with Gasteiger partial charge in [-0.2, -0.15) is 0 Å². The van der Waals surface area contributed by atoms with Gasteiger partial charge in [0.1, 0.15) is 5.82 Å². The molecule has 0 aliphatic carbocycles. The molecule has 0 amide bonds. The van der Waals surface area contributed by atoms with Crippen molar-refractivity contribution in [3.8, 4) is 0 Å². The van der Waals surface area contributed by atoms with Gasteiger partial charge in [-0.05, 0) is 37.4 Å². The number of rotatable bonds is 4. The van der Waals surface area contributed by atoms with Gasteiger partial charge in [0.05, 0.1) is 0 Å². The Kier molecular flexibility index (Phi) is 3.47. The highest BCUT2D eigenvalue weighted by Crippen LogP contribution is 2.26. The minimum Gasteiger partial charge on any atom is -0.373 e. The lowest BCUT2D eigenvalue weighted by Crippen LogP contribution is -2.21. The number of anilines is 2. The Morgan fingerprint density at radius 2 is 1.94 bits per heavy atom. The molecule has 2 aromatic rings. The van der Waals surface area contributed by atoms with Crippen LogP contribution in [0.4, 0.5) is 11.5 Å². The molecule has 17 heavy (non-hydrogen) atoms. The Balaban J connectivity index is 2.55. The Bertz CT molecular complexity index is 504. The van der Waals surface area contributed by atoms with E-state index in [9.17, 15) is 0 Å². The van der Waals surface area contributed by atoms with Gasteiger partial charge in [-0.1, -0.05) is 6.07 Å². The quantitative estimate of drug-likeness (QED) is 0.873. The van der Waals surface area contributed by atoms with Gasteiger partial charge in [0.2, 0.25) is 0 Å². The number of pyridine rings is 1. The first-order valence-corrected chi connectivity index (χ1v) is 6.11. The maximum atomic E-state index is 4.35. The molecular formula is C14H19N3. The molecule has 0 unspecified atom stereocenters. The molecule has 2 rings (SSSR count). The largest absolute Gasteiger partial charge is 0.373 e. The molecule has 0 radical (unpaired) electrons. The van der Waals surface area contributed by atoms with Gasteiger partial charge in [-0.3, -0.25) is 0 Å². The summed E-state index contributed by atoms with van der Waals surface area (Å²) in [5, 5.41) is 5.54. The second kappa shape index (κ2) is 5.04. The van der Waals surface area contributed by atoms with Crippen LogP contribution in [0.2, 0.25) is 0 Å². The van der Waals surface area contributed by atoms with Crippen LogP contribution in [0, 0.1) is 0 Å². The zero-order valence-electron chi connectivity index (χ0n) is 10.7. The molecule has 0 atom stereocenters. The van der Waals surface area contributed by atoms with Crippen LogP contribution in [-0.4, -0.2) is 25.1 Å². The molecule has 1 N–H and O–H groups in total. The third-order valence-corrected chi connectivity index (χ3v) is 3.12. The molecule has 0 aliphatic rings. The smallest absolute Gasteiger partial charge is 0.133 e. The van der Waals surface area contributed by atoms with Gasteiger partial charge in [-0.25, -0.2) is 4.98 Å². The van der Waals surface area contributed by atoms with Crippen molar-refractivity contribution in [1.29, 1.82) is 0 Å². The topological polar surface area (TPSA) is 28.2 Å². The number of fused-ring (bicyclic) bond motifs is 1. The van der Waals surface area contributed by atoms with E-state index < -0.39 is 0 Å². The van der Waals surface area contributed by atoms with Gasteiger partial charge < -0.3 is 10.2 Å². The van der Waals surface area contributed by atoms with Crippen LogP contribution in [0.5, 0.6) is 0 Å². The van der Waals surface area contributed by atoms with Crippen molar-refractivity contribution in [1.82, 2.24) is 4.98 Å². The first kappa shape index (κ1) is 11.7. The summed E-state index contributed by atoms with van der Waals surface area (Å²) >= 11 is 0. The molecule has 0 saturated heterocycles. The first-order chi connectivity index (χ1) is 8.30. The molecule has 0 aliphatic heterocycles. The highest BCUT2D eigenvalue weighted by atomic mass is 15.1. The minimum absolute atomic E-state index is 0.941. The van der Waals surface area contributed by atoms with E-state index in [1.54, 1.807) is 0 Å². The van der Waals surface area contributed by atoms with Gasteiger partial charge >= 0.3 is 0 Å². The summed E-state index contributed by atoms with van der Waals surface area (Å²) < 4.78 is 0. The van der Waals surface area contributed by atoms with E-state index in [1.807, 2.05) is 19.3 Å². The Labute approximate surface area is 102 Å². The Morgan fingerprint density at radius 3 is 2.59 bits per heavy atom. The standard InChI is InChI=1S/C14H19N3/c1-4-17(5-2)12-7-6-11-8-9-16-14(15-3)13(11)10-12/h6-10H,4-5H2,1-3H3,(H,15,16). The van der Waals surface area contributed by atoms with Crippen LogP contribution in [0.15, 0.2) is 30.5 Å². The molecule has 0 bridgehead atoms. The molecule has 0 fully saturated rings. The van der Waals surface area contributed by atoms with Crippen LogP contribution in [0.25, 0.3) is 10.8 Å². The summed E-state index contributed by atoms with van der Waals surface area (Å²) in [5.41, 5.74) is 1.26. The lowest BCUT2D eigenvalue weighted by Gasteiger charge is -2.21. The summed E-state index contributed by atoms with van der Waals surface area (Å²) in [4.78, 5) is 6.69. The predicted molar refractivity (Wildman–Crippen MR) is 74.9 cm³/mol.